The van der Waals surface area contributed by atoms with Crippen LogP contribution in [-0.4, -0.2) is 63.5 Å². The minimum Gasteiger partial charge on any atom is -0.481 e. The van der Waals surface area contributed by atoms with Gasteiger partial charge in [0, 0.05) is 52.2 Å². The van der Waals surface area contributed by atoms with E-state index in [2.05, 4.69) is 49.9 Å². The Kier molecular flexibility index (Phi) is 6.59. The van der Waals surface area contributed by atoms with Crippen molar-refractivity contribution in [2.24, 2.45) is 0 Å². The first kappa shape index (κ1) is 20.1. The van der Waals surface area contributed by atoms with Gasteiger partial charge in [0.05, 0.1) is 31.0 Å². The van der Waals surface area contributed by atoms with Gasteiger partial charge in [-0.3, -0.25) is 19.3 Å². The summed E-state index contributed by atoms with van der Waals surface area (Å²) in [7, 11) is 0. The Morgan fingerprint density at radius 3 is 2.55 bits per heavy atom. The van der Waals surface area contributed by atoms with Gasteiger partial charge in [0.1, 0.15) is 0 Å². The Bertz CT molecular complexity index is 829. The number of aromatic nitrogens is 2. The monoisotopic (exact) mass is 398 g/mol. The van der Waals surface area contributed by atoms with Crippen molar-refractivity contribution in [3.8, 4) is 0 Å². The van der Waals surface area contributed by atoms with Crippen LogP contribution in [0.15, 0.2) is 30.3 Å². The first-order valence-electron chi connectivity index (χ1n) is 10.5. The summed E-state index contributed by atoms with van der Waals surface area (Å²) in [6.45, 7) is 8.37. The third-order valence-corrected chi connectivity index (χ3v) is 5.65. The van der Waals surface area contributed by atoms with E-state index in [-0.39, 0.29) is 6.42 Å². The lowest BCUT2D eigenvalue weighted by Crippen LogP contribution is -2.35. The molecule has 1 N–H and O–H groups in total. The molecule has 2 aromatic rings. The molecule has 0 atom stereocenters. The molecule has 0 saturated carbocycles. The molecule has 0 unspecified atom stereocenters. The van der Waals surface area contributed by atoms with E-state index < -0.39 is 5.97 Å². The standard InChI is InChI=1S/C22H30N4O3/c27-22(28)6-5-20-14-21-17-25(7-2-8-26(21)23-20)16-19-4-1-3-18(13-19)15-24-9-11-29-12-10-24/h1,3-4,13-14H,2,5-12,15-17H2,(H,27,28). The molecule has 0 spiro atoms. The molecule has 7 nitrogen and oxygen atoms in total. The van der Waals surface area contributed by atoms with E-state index in [1.54, 1.807) is 0 Å². The topological polar surface area (TPSA) is 70.8 Å². The van der Waals surface area contributed by atoms with Gasteiger partial charge in [0.15, 0.2) is 0 Å². The Hall–Kier alpha value is -2.22. The van der Waals surface area contributed by atoms with E-state index >= 15 is 0 Å². The number of hydrogen-bond donors (Lipinski definition) is 1. The summed E-state index contributed by atoms with van der Waals surface area (Å²) < 4.78 is 7.51. The molecule has 0 aliphatic carbocycles. The van der Waals surface area contributed by atoms with Crippen LogP contribution in [0.2, 0.25) is 0 Å². The number of carboxylic acids is 1. The lowest BCUT2D eigenvalue weighted by Gasteiger charge is -2.27. The van der Waals surface area contributed by atoms with Gasteiger partial charge in [-0.15, -0.1) is 0 Å². The Morgan fingerprint density at radius 1 is 1.03 bits per heavy atom. The van der Waals surface area contributed by atoms with Gasteiger partial charge < -0.3 is 9.84 Å². The number of nitrogens with zero attached hydrogens (tertiary/aromatic N) is 4. The molecule has 29 heavy (non-hydrogen) atoms. The molecule has 0 bridgehead atoms. The van der Waals surface area contributed by atoms with Crippen LogP contribution in [0.3, 0.4) is 0 Å². The lowest BCUT2D eigenvalue weighted by atomic mass is 10.1. The van der Waals surface area contributed by atoms with E-state index in [1.807, 2.05) is 0 Å². The fourth-order valence-electron chi connectivity index (χ4n) is 4.18. The maximum Gasteiger partial charge on any atom is 0.303 e. The van der Waals surface area contributed by atoms with E-state index in [0.717, 1.165) is 71.1 Å². The van der Waals surface area contributed by atoms with Crippen LogP contribution < -0.4 is 0 Å². The van der Waals surface area contributed by atoms with Crippen LogP contribution in [0.4, 0.5) is 0 Å². The average molecular weight is 399 g/mol. The van der Waals surface area contributed by atoms with E-state index in [4.69, 9.17) is 9.84 Å². The van der Waals surface area contributed by atoms with Gasteiger partial charge in [-0.05, 0) is 23.6 Å². The predicted molar refractivity (Wildman–Crippen MR) is 109 cm³/mol. The quantitative estimate of drug-likeness (QED) is 0.771. The van der Waals surface area contributed by atoms with E-state index in [1.165, 1.54) is 16.8 Å². The van der Waals surface area contributed by atoms with Crippen molar-refractivity contribution in [3.05, 3.63) is 52.8 Å². The number of aryl methyl sites for hydroxylation is 2. The van der Waals surface area contributed by atoms with Gasteiger partial charge in [-0.1, -0.05) is 24.3 Å². The molecular weight excluding hydrogens is 368 g/mol. The maximum absolute atomic E-state index is 10.8. The number of ether oxygens (including phenoxy) is 1. The summed E-state index contributed by atoms with van der Waals surface area (Å²) >= 11 is 0. The molecule has 0 radical (unpaired) electrons. The number of rotatable bonds is 7. The number of benzene rings is 1. The Morgan fingerprint density at radius 2 is 1.79 bits per heavy atom. The second-order valence-corrected chi connectivity index (χ2v) is 8.02. The minimum atomic E-state index is -0.771. The zero-order valence-electron chi connectivity index (χ0n) is 16.9. The van der Waals surface area contributed by atoms with Crippen molar-refractivity contribution in [3.63, 3.8) is 0 Å². The molecule has 2 aliphatic heterocycles. The normalized spacial score (nSPS) is 18.3. The fourth-order valence-corrected chi connectivity index (χ4v) is 4.18. The third kappa shape index (κ3) is 5.65. The number of morpholine rings is 1. The molecule has 1 aromatic heterocycles. The van der Waals surface area contributed by atoms with Crippen LogP contribution in [0.1, 0.15) is 35.4 Å². The average Bonchev–Trinajstić information content (AvgIpc) is 2.99. The van der Waals surface area contributed by atoms with Gasteiger partial charge in [-0.25, -0.2) is 0 Å². The first-order valence-corrected chi connectivity index (χ1v) is 10.5. The van der Waals surface area contributed by atoms with Crippen LogP contribution in [-0.2, 0) is 42.1 Å². The van der Waals surface area contributed by atoms with Crippen molar-refractivity contribution in [2.75, 3.05) is 32.8 Å². The summed E-state index contributed by atoms with van der Waals surface area (Å²) in [5.74, 6) is -0.771. The number of hydrogen-bond acceptors (Lipinski definition) is 5. The molecule has 156 valence electrons. The molecule has 0 amide bonds. The molecule has 1 saturated heterocycles. The van der Waals surface area contributed by atoms with Crippen molar-refractivity contribution in [1.29, 1.82) is 0 Å². The van der Waals surface area contributed by atoms with Gasteiger partial charge in [0.25, 0.3) is 0 Å². The smallest absolute Gasteiger partial charge is 0.303 e. The van der Waals surface area contributed by atoms with Crippen LogP contribution in [0.25, 0.3) is 0 Å². The summed E-state index contributed by atoms with van der Waals surface area (Å²) in [5, 5.41) is 13.5. The maximum atomic E-state index is 10.8. The van der Waals surface area contributed by atoms with Crippen molar-refractivity contribution >= 4 is 5.97 Å². The first-order chi connectivity index (χ1) is 14.2. The Labute approximate surface area is 171 Å². The highest BCUT2D eigenvalue weighted by Gasteiger charge is 2.18. The predicted octanol–water partition coefficient (Wildman–Crippen LogP) is 2.14. The van der Waals surface area contributed by atoms with Crippen molar-refractivity contribution in [2.45, 2.75) is 45.4 Å². The van der Waals surface area contributed by atoms with Crippen molar-refractivity contribution in [1.82, 2.24) is 19.6 Å². The molecule has 3 heterocycles. The lowest BCUT2D eigenvalue weighted by molar-refractivity contribution is -0.136. The molecule has 1 aromatic carbocycles. The summed E-state index contributed by atoms with van der Waals surface area (Å²) in [6.07, 6.45) is 1.69. The van der Waals surface area contributed by atoms with E-state index in [9.17, 15) is 4.79 Å². The summed E-state index contributed by atoms with van der Waals surface area (Å²) in [5.41, 5.74) is 4.78. The molecule has 7 heteroatoms. The number of carbonyl (C=O) groups is 1. The zero-order valence-corrected chi connectivity index (χ0v) is 16.9. The largest absolute Gasteiger partial charge is 0.481 e. The van der Waals surface area contributed by atoms with Crippen LogP contribution in [0, 0.1) is 0 Å². The minimum absolute atomic E-state index is 0.135. The molecule has 1 fully saturated rings. The highest BCUT2D eigenvalue weighted by Crippen LogP contribution is 2.18. The van der Waals surface area contributed by atoms with Crippen molar-refractivity contribution < 1.29 is 14.6 Å². The molecule has 4 rings (SSSR count). The summed E-state index contributed by atoms with van der Waals surface area (Å²) in [6, 6.07) is 11.0. The van der Waals surface area contributed by atoms with E-state index in [0.29, 0.717) is 6.42 Å². The van der Waals surface area contributed by atoms with Crippen LogP contribution >= 0.6 is 0 Å². The second-order valence-electron chi connectivity index (χ2n) is 8.02. The third-order valence-electron chi connectivity index (χ3n) is 5.65. The second kappa shape index (κ2) is 9.52. The van der Waals surface area contributed by atoms with Gasteiger partial charge in [-0.2, -0.15) is 5.10 Å². The van der Waals surface area contributed by atoms with Gasteiger partial charge in [0.2, 0.25) is 0 Å². The Balaban J connectivity index is 1.38. The highest BCUT2D eigenvalue weighted by molar-refractivity contribution is 5.66. The zero-order chi connectivity index (χ0) is 20.1. The molecule has 2 aliphatic rings. The number of fused-ring (bicyclic) bond motifs is 1. The van der Waals surface area contributed by atoms with Crippen LogP contribution in [0.5, 0.6) is 0 Å². The SMILES string of the molecule is O=C(O)CCc1cc2n(n1)CCCN(Cc1cccc(CN3CCOCC3)c1)C2. The summed E-state index contributed by atoms with van der Waals surface area (Å²) in [4.78, 5) is 15.7. The fraction of sp³-hybridized carbons (Fsp3) is 0.545. The number of aliphatic carboxylic acids is 1. The number of carboxylic acid groups (broad SMARTS) is 1. The highest BCUT2D eigenvalue weighted by atomic mass is 16.5. The molecular formula is C22H30N4O3. The van der Waals surface area contributed by atoms with Gasteiger partial charge >= 0.3 is 5.97 Å².